The number of rotatable bonds is 3. The molecule has 5 heteroatoms. The van der Waals surface area contributed by atoms with Gasteiger partial charge >= 0.3 is 0 Å². The zero-order chi connectivity index (χ0) is 17.3. The van der Waals surface area contributed by atoms with Crippen LogP contribution in [0.2, 0.25) is 0 Å². The molecule has 0 bridgehead atoms. The monoisotopic (exact) mass is 340 g/mol. The summed E-state index contributed by atoms with van der Waals surface area (Å²) in [6, 6.07) is 6.92. The quantitative estimate of drug-likeness (QED) is 0.857. The number of hydrogen-bond acceptors (Lipinski definition) is 4. The van der Waals surface area contributed by atoms with Gasteiger partial charge in [0, 0.05) is 44.0 Å². The smallest absolute Gasteiger partial charge is 0.150 e. The van der Waals surface area contributed by atoms with Gasteiger partial charge in [-0.1, -0.05) is 12.1 Å². The summed E-state index contributed by atoms with van der Waals surface area (Å²) >= 11 is 0. The van der Waals surface area contributed by atoms with E-state index in [2.05, 4.69) is 19.8 Å². The fourth-order valence-corrected chi connectivity index (χ4v) is 4.45. The first kappa shape index (κ1) is 16.5. The van der Waals surface area contributed by atoms with Crippen molar-refractivity contribution in [1.82, 2.24) is 14.9 Å². The second-order valence-corrected chi connectivity index (χ2v) is 7.58. The molecule has 25 heavy (non-hydrogen) atoms. The molecule has 1 atom stereocenters. The molecule has 2 aromatic rings. The number of anilines is 1. The molecule has 0 N–H and O–H groups in total. The Morgan fingerprint density at radius 2 is 1.84 bits per heavy atom. The molecule has 0 saturated carbocycles. The number of hydrogen-bond donors (Lipinski definition) is 0. The first-order chi connectivity index (χ1) is 12.1. The first-order valence-corrected chi connectivity index (χ1v) is 9.13. The van der Waals surface area contributed by atoms with Crippen LogP contribution in [-0.2, 0) is 6.54 Å². The molecule has 2 aliphatic heterocycles. The van der Waals surface area contributed by atoms with E-state index in [4.69, 9.17) is 0 Å². The van der Waals surface area contributed by atoms with E-state index in [1.165, 1.54) is 24.8 Å². The van der Waals surface area contributed by atoms with Crippen molar-refractivity contribution in [3.8, 4) is 0 Å². The van der Waals surface area contributed by atoms with Gasteiger partial charge in [0.05, 0.1) is 5.69 Å². The molecular formula is C20H25FN4. The van der Waals surface area contributed by atoms with Crippen molar-refractivity contribution in [3.05, 3.63) is 53.7 Å². The van der Waals surface area contributed by atoms with E-state index in [1.54, 1.807) is 24.5 Å². The maximum absolute atomic E-state index is 13.1. The number of benzene rings is 1. The number of halogens is 1. The lowest BCUT2D eigenvalue weighted by Gasteiger charge is -2.40. The predicted molar refractivity (Wildman–Crippen MR) is 96.9 cm³/mol. The molecule has 2 aliphatic rings. The Morgan fingerprint density at radius 1 is 1.04 bits per heavy atom. The van der Waals surface area contributed by atoms with Crippen LogP contribution in [0.3, 0.4) is 0 Å². The zero-order valence-corrected chi connectivity index (χ0v) is 14.8. The minimum absolute atomic E-state index is 0.162. The lowest BCUT2D eigenvalue weighted by Crippen LogP contribution is -2.44. The molecule has 1 aromatic carbocycles. The van der Waals surface area contributed by atoms with Crippen molar-refractivity contribution in [2.24, 2.45) is 5.41 Å². The van der Waals surface area contributed by atoms with Crippen molar-refractivity contribution in [2.45, 2.75) is 32.7 Å². The van der Waals surface area contributed by atoms with Crippen LogP contribution >= 0.6 is 0 Å². The van der Waals surface area contributed by atoms with Crippen LogP contribution in [0.4, 0.5) is 10.2 Å². The Labute approximate surface area is 148 Å². The van der Waals surface area contributed by atoms with Crippen LogP contribution < -0.4 is 4.90 Å². The number of likely N-dealkylation sites (tertiary alicyclic amines) is 1. The molecular weight excluding hydrogens is 315 g/mol. The highest BCUT2D eigenvalue weighted by Crippen LogP contribution is 2.40. The van der Waals surface area contributed by atoms with Gasteiger partial charge in [0.25, 0.3) is 0 Å². The molecule has 132 valence electrons. The van der Waals surface area contributed by atoms with Crippen LogP contribution in [0.5, 0.6) is 0 Å². The lowest BCUT2D eigenvalue weighted by molar-refractivity contribution is 0.0991. The average Bonchev–Trinajstić information content (AvgIpc) is 3.00. The second kappa shape index (κ2) is 6.71. The second-order valence-electron chi connectivity index (χ2n) is 7.58. The van der Waals surface area contributed by atoms with E-state index in [1.807, 2.05) is 19.1 Å². The minimum atomic E-state index is -0.162. The Bertz CT molecular complexity index is 733. The SMILES string of the molecule is Cc1nccnc1N1CC[C@@]2(CCCN(Cc3ccc(F)cc3)C2)C1. The highest BCUT2D eigenvalue weighted by atomic mass is 19.1. The van der Waals surface area contributed by atoms with Crippen molar-refractivity contribution < 1.29 is 4.39 Å². The summed E-state index contributed by atoms with van der Waals surface area (Å²) in [6.45, 7) is 7.31. The third-order valence-corrected chi connectivity index (χ3v) is 5.65. The number of piperidine rings is 1. The van der Waals surface area contributed by atoms with Crippen molar-refractivity contribution in [2.75, 3.05) is 31.1 Å². The topological polar surface area (TPSA) is 32.3 Å². The highest BCUT2D eigenvalue weighted by molar-refractivity contribution is 5.44. The first-order valence-electron chi connectivity index (χ1n) is 9.13. The lowest BCUT2D eigenvalue weighted by atomic mass is 9.79. The Balaban J connectivity index is 1.44. The van der Waals surface area contributed by atoms with Gasteiger partial charge in [-0.3, -0.25) is 9.88 Å². The van der Waals surface area contributed by atoms with Gasteiger partial charge in [-0.15, -0.1) is 0 Å². The van der Waals surface area contributed by atoms with E-state index in [0.717, 1.165) is 44.2 Å². The van der Waals surface area contributed by atoms with Crippen LogP contribution in [0, 0.1) is 18.2 Å². The molecule has 4 nitrogen and oxygen atoms in total. The minimum Gasteiger partial charge on any atom is -0.354 e. The van der Waals surface area contributed by atoms with Gasteiger partial charge in [-0.25, -0.2) is 9.37 Å². The summed E-state index contributed by atoms with van der Waals surface area (Å²) in [5.41, 5.74) is 2.55. The molecule has 0 amide bonds. The van der Waals surface area contributed by atoms with Gasteiger partial charge in [0.15, 0.2) is 0 Å². The Hall–Kier alpha value is -2.01. The van der Waals surface area contributed by atoms with Crippen molar-refractivity contribution in [3.63, 3.8) is 0 Å². The maximum Gasteiger partial charge on any atom is 0.150 e. The van der Waals surface area contributed by atoms with Gasteiger partial charge in [0.1, 0.15) is 11.6 Å². The van der Waals surface area contributed by atoms with Crippen LogP contribution in [0.25, 0.3) is 0 Å². The zero-order valence-electron chi connectivity index (χ0n) is 14.8. The van der Waals surface area contributed by atoms with Gasteiger partial charge in [0.2, 0.25) is 0 Å². The van der Waals surface area contributed by atoms with E-state index in [-0.39, 0.29) is 5.82 Å². The average molecular weight is 340 g/mol. The highest BCUT2D eigenvalue weighted by Gasteiger charge is 2.42. The summed E-state index contributed by atoms with van der Waals surface area (Å²) in [7, 11) is 0. The predicted octanol–water partition coefficient (Wildman–Crippen LogP) is 3.42. The molecule has 0 aliphatic carbocycles. The third-order valence-electron chi connectivity index (χ3n) is 5.65. The van der Waals surface area contributed by atoms with Gasteiger partial charge in [-0.2, -0.15) is 0 Å². The van der Waals surface area contributed by atoms with E-state index in [9.17, 15) is 4.39 Å². The van der Waals surface area contributed by atoms with Gasteiger partial charge < -0.3 is 4.90 Å². The van der Waals surface area contributed by atoms with Crippen LogP contribution in [0.15, 0.2) is 36.7 Å². The fourth-order valence-electron chi connectivity index (χ4n) is 4.45. The molecule has 1 spiro atoms. The van der Waals surface area contributed by atoms with Crippen LogP contribution in [-0.4, -0.2) is 41.0 Å². The standard InChI is InChI=1S/C20H25FN4/c1-16-19(23-10-9-22-16)25-12-8-20(15-25)7-2-11-24(14-20)13-17-3-5-18(21)6-4-17/h3-6,9-10H,2,7-8,11-15H2,1H3/t20-/m1/s1. The molecule has 3 heterocycles. The fraction of sp³-hybridized carbons (Fsp3) is 0.500. The maximum atomic E-state index is 13.1. The summed E-state index contributed by atoms with van der Waals surface area (Å²) in [5.74, 6) is 0.875. The van der Waals surface area contributed by atoms with E-state index < -0.39 is 0 Å². The normalized spacial score (nSPS) is 24.2. The number of aryl methyl sites for hydroxylation is 1. The summed E-state index contributed by atoms with van der Waals surface area (Å²) in [5, 5.41) is 0. The number of nitrogens with zero attached hydrogens (tertiary/aromatic N) is 4. The van der Waals surface area contributed by atoms with E-state index in [0.29, 0.717) is 5.41 Å². The summed E-state index contributed by atoms with van der Waals surface area (Å²) in [4.78, 5) is 13.9. The largest absolute Gasteiger partial charge is 0.354 e. The Morgan fingerprint density at radius 3 is 2.64 bits per heavy atom. The van der Waals surface area contributed by atoms with Crippen LogP contribution in [0.1, 0.15) is 30.5 Å². The molecule has 0 unspecified atom stereocenters. The molecule has 2 fully saturated rings. The Kier molecular flexibility index (Phi) is 4.42. The molecule has 2 saturated heterocycles. The van der Waals surface area contributed by atoms with Crippen molar-refractivity contribution >= 4 is 5.82 Å². The summed E-state index contributed by atoms with van der Waals surface area (Å²) < 4.78 is 13.1. The molecule has 4 rings (SSSR count). The summed E-state index contributed by atoms with van der Waals surface area (Å²) in [6.07, 6.45) is 7.27. The van der Waals surface area contributed by atoms with E-state index >= 15 is 0 Å². The van der Waals surface area contributed by atoms with Gasteiger partial charge in [-0.05, 0) is 50.4 Å². The molecule has 0 radical (unpaired) electrons. The number of aromatic nitrogens is 2. The third kappa shape index (κ3) is 3.52. The molecule has 1 aromatic heterocycles. The van der Waals surface area contributed by atoms with Crippen molar-refractivity contribution in [1.29, 1.82) is 0 Å².